The van der Waals surface area contributed by atoms with E-state index >= 15 is 0 Å². The van der Waals surface area contributed by atoms with E-state index in [1.165, 1.54) is 29.4 Å². The zero-order valence-corrected chi connectivity index (χ0v) is 17.8. The van der Waals surface area contributed by atoms with Crippen LogP contribution in [-0.4, -0.2) is 52.3 Å². The molecule has 8 heteroatoms. The number of ether oxygens (including phenoxy) is 2. The van der Waals surface area contributed by atoms with E-state index in [9.17, 15) is 9.18 Å². The van der Waals surface area contributed by atoms with Crippen molar-refractivity contribution < 1.29 is 23.6 Å². The second-order valence-corrected chi connectivity index (χ2v) is 7.93. The Morgan fingerprint density at radius 3 is 2.59 bits per heavy atom. The predicted octanol–water partition coefficient (Wildman–Crippen LogP) is 2.63. The van der Waals surface area contributed by atoms with Gasteiger partial charge in [0.2, 0.25) is 0 Å². The third-order valence-electron chi connectivity index (χ3n) is 4.52. The number of hydrogen-bond acceptors (Lipinski definition) is 5. The van der Waals surface area contributed by atoms with Crippen LogP contribution in [0.15, 0.2) is 36.4 Å². The summed E-state index contributed by atoms with van der Waals surface area (Å²) < 4.78 is 25.4. The summed E-state index contributed by atoms with van der Waals surface area (Å²) in [6.07, 6.45) is 0.791. The van der Waals surface area contributed by atoms with Gasteiger partial charge in [0.1, 0.15) is 11.3 Å². The number of amides is 1. The monoisotopic (exact) mass is 418 g/mol. The average Bonchev–Trinajstić information content (AvgIpc) is 3.15. The van der Waals surface area contributed by atoms with Crippen LogP contribution in [0.4, 0.5) is 9.52 Å². The van der Waals surface area contributed by atoms with Crippen LogP contribution >= 0.6 is 11.3 Å². The van der Waals surface area contributed by atoms with Gasteiger partial charge in [-0.3, -0.25) is 9.69 Å². The minimum absolute atomic E-state index is 0.209. The van der Waals surface area contributed by atoms with Crippen LogP contribution in [0, 0.1) is 5.82 Å². The predicted molar refractivity (Wildman–Crippen MR) is 113 cm³/mol. The van der Waals surface area contributed by atoms with E-state index in [1.807, 2.05) is 6.07 Å². The molecule has 0 aliphatic heterocycles. The fraction of sp³-hybridized carbons (Fsp3) is 0.333. The van der Waals surface area contributed by atoms with Crippen LogP contribution in [0.3, 0.4) is 0 Å². The number of benzene rings is 2. The van der Waals surface area contributed by atoms with Crippen molar-refractivity contribution in [3.63, 3.8) is 0 Å². The van der Waals surface area contributed by atoms with Gasteiger partial charge in [0.05, 0.1) is 39.6 Å². The molecule has 1 heterocycles. The number of para-hydroxylation sites is 1. The molecule has 1 aromatic heterocycles. The van der Waals surface area contributed by atoms with Crippen LogP contribution in [0.1, 0.15) is 16.8 Å². The number of rotatable bonds is 8. The smallest absolute Gasteiger partial charge is 0.260 e. The topological polar surface area (TPSA) is 56.1 Å². The van der Waals surface area contributed by atoms with Crippen molar-refractivity contribution in [1.82, 2.24) is 4.98 Å². The highest BCUT2D eigenvalue weighted by Gasteiger charge is 2.23. The summed E-state index contributed by atoms with van der Waals surface area (Å²) in [7, 11) is 7.20. The first-order chi connectivity index (χ1) is 13.9. The molecule has 2 aromatic carbocycles. The maximum Gasteiger partial charge on any atom is 0.260 e. The number of carbonyl (C=O) groups is 1. The van der Waals surface area contributed by atoms with Gasteiger partial charge in [-0.05, 0) is 30.3 Å². The van der Waals surface area contributed by atoms with Gasteiger partial charge in [-0.15, -0.1) is 0 Å². The Bertz CT molecular complexity index is 1010. The number of aromatic nitrogens is 1. The normalized spacial score (nSPS) is 11.1. The summed E-state index contributed by atoms with van der Waals surface area (Å²) in [5.41, 5.74) is 0.746. The molecular formula is C21H25FN3O3S+. The molecular weight excluding hydrogens is 393 g/mol. The summed E-state index contributed by atoms with van der Waals surface area (Å²) >= 11 is 1.31. The van der Waals surface area contributed by atoms with Gasteiger partial charge < -0.3 is 14.4 Å². The Hall–Kier alpha value is -2.71. The van der Waals surface area contributed by atoms with Gasteiger partial charge in [-0.1, -0.05) is 17.4 Å². The number of quaternary nitrogens is 1. The van der Waals surface area contributed by atoms with Crippen molar-refractivity contribution in [2.75, 3.05) is 46.3 Å². The maximum atomic E-state index is 14.1. The summed E-state index contributed by atoms with van der Waals surface area (Å²) in [5.74, 6) is 0.431. The summed E-state index contributed by atoms with van der Waals surface area (Å²) in [6, 6.07) is 9.88. The highest BCUT2D eigenvalue weighted by Crippen LogP contribution is 2.33. The summed E-state index contributed by atoms with van der Waals surface area (Å²) in [5, 5.41) is 0.485. The molecule has 6 nitrogen and oxygen atoms in total. The van der Waals surface area contributed by atoms with E-state index in [1.54, 1.807) is 36.3 Å². The van der Waals surface area contributed by atoms with Crippen LogP contribution in [0.2, 0.25) is 0 Å². The molecule has 0 aliphatic rings. The fourth-order valence-electron chi connectivity index (χ4n) is 3.02. The largest absolute Gasteiger partial charge is 0.493 e. The van der Waals surface area contributed by atoms with Gasteiger partial charge in [0.25, 0.3) is 5.91 Å². The Labute approximate surface area is 173 Å². The third-order valence-corrected chi connectivity index (χ3v) is 5.57. The molecule has 0 aliphatic carbocycles. The molecule has 1 amide bonds. The molecule has 0 radical (unpaired) electrons. The number of fused-ring (bicyclic) bond motifs is 1. The molecule has 3 aromatic rings. The van der Waals surface area contributed by atoms with Crippen molar-refractivity contribution in [2.24, 2.45) is 0 Å². The molecule has 0 fully saturated rings. The first kappa shape index (κ1) is 21.0. The number of thiazole rings is 1. The van der Waals surface area contributed by atoms with E-state index in [0.29, 0.717) is 33.4 Å². The van der Waals surface area contributed by atoms with E-state index in [4.69, 9.17) is 9.47 Å². The number of anilines is 1. The van der Waals surface area contributed by atoms with Crippen molar-refractivity contribution in [3.8, 4) is 11.5 Å². The van der Waals surface area contributed by atoms with E-state index in [-0.39, 0.29) is 17.2 Å². The Morgan fingerprint density at radius 2 is 1.93 bits per heavy atom. The standard InChI is InChI=1S/C21H24FN3O3S/c1-24(2)11-6-12-25(21-23-19-15(22)7-5-8-18(19)29-21)20(26)14-9-10-16(27-3)17(13-14)28-4/h5,7-10,13H,6,11-12H2,1-4H3/p+1. The molecule has 0 spiro atoms. The number of hydrogen-bond donors (Lipinski definition) is 1. The Balaban J connectivity index is 1.97. The van der Waals surface area contributed by atoms with Gasteiger partial charge in [0, 0.05) is 18.5 Å². The number of nitrogens with zero attached hydrogens (tertiary/aromatic N) is 2. The number of methoxy groups -OCH3 is 2. The van der Waals surface area contributed by atoms with Crippen molar-refractivity contribution in [3.05, 3.63) is 47.8 Å². The zero-order chi connectivity index (χ0) is 21.0. The number of carbonyl (C=O) groups excluding carboxylic acids is 1. The second kappa shape index (κ2) is 9.19. The summed E-state index contributed by atoms with van der Waals surface area (Å²) in [4.78, 5) is 20.7. The number of halogens is 1. The first-order valence-corrected chi connectivity index (χ1v) is 10.1. The maximum absolute atomic E-state index is 14.1. The number of nitrogens with one attached hydrogen (secondary N) is 1. The Morgan fingerprint density at radius 1 is 1.17 bits per heavy atom. The summed E-state index contributed by atoms with van der Waals surface area (Å²) in [6.45, 7) is 1.38. The molecule has 1 N–H and O–H groups in total. The lowest BCUT2D eigenvalue weighted by atomic mass is 10.1. The quantitative estimate of drug-likeness (QED) is 0.611. The lowest BCUT2D eigenvalue weighted by Gasteiger charge is -2.21. The molecule has 29 heavy (non-hydrogen) atoms. The third kappa shape index (κ3) is 4.65. The van der Waals surface area contributed by atoms with Crippen molar-refractivity contribution in [2.45, 2.75) is 6.42 Å². The first-order valence-electron chi connectivity index (χ1n) is 9.32. The van der Waals surface area contributed by atoms with E-state index in [0.717, 1.165) is 13.0 Å². The minimum Gasteiger partial charge on any atom is -0.493 e. The molecule has 0 bridgehead atoms. The fourth-order valence-corrected chi connectivity index (χ4v) is 4.02. The van der Waals surface area contributed by atoms with Gasteiger partial charge in [0.15, 0.2) is 16.6 Å². The van der Waals surface area contributed by atoms with Crippen LogP contribution in [0.5, 0.6) is 11.5 Å². The second-order valence-electron chi connectivity index (χ2n) is 6.92. The minimum atomic E-state index is -0.388. The average molecular weight is 419 g/mol. The van der Waals surface area contributed by atoms with Crippen molar-refractivity contribution in [1.29, 1.82) is 0 Å². The van der Waals surface area contributed by atoms with Crippen LogP contribution in [0.25, 0.3) is 10.2 Å². The van der Waals surface area contributed by atoms with Gasteiger partial charge in [-0.25, -0.2) is 9.37 Å². The van der Waals surface area contributed by atoms with Crippen molar-refractivity contribution >= 4 is 32.6 Å². The molecule has 0 unspecified atom stereocenters. The molecule has 0 saturated heterocycles. The highest BCUT2D eigenvalue weighted by atomic mass is 32.1. The zero-order valence-electron chi connectivity index (χ0n) is 17.0. The molecule has 0 atom stereocenters. The highest BCUT2D eigenvalue weighted by molar-refractivity contribution is 7.22. The SMILES string of the molecule is COc1ccc(C(=O)N(CCC[NH+](C)C)c2nc3c(F)cccc3s2)cc1OC. The van der Waals surface area contributed by atoms with Gasteiger partial charge >= 0.3 is 0 Å². The van der Waals surface area contributed by atoms with E-state index in [2.05, 4.69) is 19.1 Å². The Kier molecular flexibility index (Phi) is 6.66. The van der Waals surface area contributed by atoms with E-state index < -0.39 is 0 Å². The molecule has 0 saturated carbocycles. The van der Waals surface area contributed by atoms with Crippen LogP contribution in [-0.2, 0) is 0 Å². The molecule has 154 valence electrons. The lowest BCUT2D eigenvalue weighted by Crippen LogP contribution is -3.05. The molecule has 3 rings (SSSR count). The lowest BCUT2D eigenvalue weighted by molar-refractivity contribution is -0.858. The van der Waals surface area contributed by atoms with Crippen LogP contribution < -0.4 is 19.3 Å². The van der Waals surface area contributed by atoms with Gasteiger partial charge in [-0.2, -0.15) is 0 Å².